The summed E-state index contributed by atoms with van der Waals surface area (Å²) in [5, 5.41) is 20.3. The highest BCUT2D eigenvalue weighted by Gasteiger charge is 2.25. The lowest BCUT2D eigenvalue weighted by atomic mass is 9.86. The topological polar surface area (TPSA) is 83.8 Å². The van der Waals surface area contributed by atoms with Gasteiger partial charge in [-0.1, -0.05) is 50.1 Å². The number of aldehydes is 1. The lowest BCUT2D eigenvalue weighted by molar-refractivity contribution is -0.128. The van der Waals surface area contributed by atoms with E-state index in [1.807, 2.05) is 40.7 Å². The Bertz CT molecular complexity index is 875. The van der Waals surface area contributed by atoms with Crippen molar-refractivity contribution in [2.24, 2.45) is 5.41 Å². The summed E-state index contributed by atoms with van der Waals surface area (Å²) in [5.74, 6) is -0.462. The summed E-state index contributed by atoms with van der Waals surface area (Å²) in [6, 6.07) is 0. The van der Waals surface area contributed by atoms with Crippen LogP contribution in [0.1, 0.15) is 75.4 Å². The summed E-state index contributed by atoms with van der Waals surface area (Å²) in [7, 11) is 1.62. The Balaban J connectivity index is 2.83. The van der Waals surface area contributed by atoms with Crippen molar-refractivity contribution in [2.75, 3.05) is 7.11 Å². The van der Waals surface area contributed by atoms with Gasteiger partial charge in [-0.15, -0.1) is 0 Å². The predicted molar refractivity (Wildman–Crippen MR) is 125 cm³/mol. The maximum Gasteiger partial charge on any atom is 0.157 e. The number of Topliss-reactive ketones (excluding diaryl/α,β-unsaturated/α-hetero) is 1. The number of phenolic OH excluding ortho intramolecular Hbond substituents is 2. The molecule has 31 heavy (non-hydrogen) atoms. The number of rotatable bonds is 10. The van der Waals surface area contributed by atoms with Gasteiger partial charge >= 0.3 is 0 Å². The van der Waals surface area contributed by atoms with Gasteiger partial charge in [0.05, 0.1) is 16.7 Å². The smallest absolute Gasteiger partial charge is 0.157 e. The van der Waals surface area contributed by atoms with E-state index in [-0.39, 0.29) is 33.6 Å². The van der Waals surface area contributed by atoms with E-state index >= 15 is 0 Å². The first-order valence-corrected chi connectivity index (χ1v) is 10.8. The lowest BCUT2D eigenvalue weighted by Crippen LogP contribution is -2.26. The number of carbonyl (C=O) groups is 2. The summed E-state index contributed by atoms with van der Waals surface area (Å²) in [6.45, 7) is 11.4. The van der Waals surface area contributed by atoms with Crippen molar-refractivity contribution in [3.05, 3.63) is 45.0 Å². The molecule has 1 aromatic carbocycles. The fourth-order valence-corrected chi connectivity index (χ4v) is 3.40. The molecule has 5 nitrogen and oxygen atoms in total. The number of aromatic hydroxyl groups is 2. The molecule has 2 N–H and O–H groups in total. The first-order chi connectivity index (χ1) is 14.3. The van der Waals surface area contributed by atoms with Crippen molar-refractivity contribution < 1.29 is 24.5 Å². The second kappa shape index (κ2) is 11.5. The van der Waals surface area contributed by atoms with Gasteiger partial charge in [0.2, 0.25) is 0 Å². The van der Waals surface area contributed by atoms with Crippen LogP contribution in [0.15, 0.2) is 23.3 Å². The van der Waals surface area contributed by atoms with Crippen molar-refractivity contribution in [3.8, 4) is 11.5 Å². The van der Waals surface area contributed by atoms with E-state index in [1.54, 1.807) is 14.0 Å². The zero-order chi connectivity index (χ0) is 23.9. The van der Waals surface area contributed by atoms with E-state index in [1.165, 1.54) is 0 Å². The highest BCUT2D eigenvalue weighted by atomic mass is 35.5. The zero-order valence-corrected chi connectivity index (χ0v) is 20.4. The summed E-state index contributed by atoms with van der Waals surface area (Å²) < 4.78 is 5.52. The normalized spacial score (nSPS) is 13.9. The Labute approximate surface area is 190 Å². The third-order valence-electron chi connectivity index (χ3n) is 5.56. The molecule has 1 unspecified atom stereocenters. The van der Waals surface area contributed by atoms with E-state index < -0.39 is 5.75 Å². The SMILES string of the molecule is COC(CC(=O)C(C)(C)C)/C(C)=C/CC/C(C)=C/Cc1c(C)c(Cl)c(O)c(C=O)c1O. The molecule has 0 bridgehead atoms. The standard InChI is InChI=1S/C25H35ClO5/c1-15(9-8-10-16(2)20(31-7)13-21(28)25(4,5)6)11-12-18-17(3)22(26)24(30)19(14-27)23(18)29/h10-11,14,20,29-30H,8-9,12-13H2,1-7H3/b15-11+,16-10+. The zero-order valence-electron chi connectivity index (χ0n) is 19.6. The second-order valence-corrected chi connectivity index (χ2v) is 9.37. The molecule has 0 amide bonds. The largest absolute Gasteiger partial charge is 0.507 e. The summed E-state index contributed by atoms with van der Waals surface area (Å²) in [4.78, 5) is 23.5. The Kier molecular flexibility index (Phi) is 9.98. The average Bonchev–Trinajstić information content (AvgIpc) is 2.69. The van der Waals surface area contributed by atoms with Crippen LogP contribution in [0, 0.1) is 12.3 Å². The van der Waals surface area contributed by atoms with E-state index in [0.29, 0.717) is 30.3 Å². The number of benzene rings is 1. The molecule has 1 aromatic rings. The van der Waals surface area contributed by atoms with Crippen molar-refractivity contribution in [2.45, 2.75) is 73.3 Å². The average molecular weight is 451 g/mol. The monoisotopic (exact) mass is 450 g/mol. The molecule has 0 spiro atoms. The van der Waals surface area contributed by atoms with E-state index in [0.717, 1.165) is 24.0 Å². The highest BCUT2D eigenvalue weighted by molar-refractivity contribution is 6.33. The minimum atomic E-state index is -0.394. The van der Waals surface area contributed by atoms with Gasteiger partial charge in [-0.05, 0) is 51.2 Å². The predicted octanol–water partition coefficient (Wildman–Crippen LogP) is 6.11. The van der Waals surface area contributed by atoms with Gasteiger partial charge in [0.1, 0.15) is 17.3 Å². The van der Waals surface area contributed by atoms with Crippen molar-refractivity contribution >= 4 is 23.7 Å². The van der Waals surface area contributed by atoms with E-state index in [9.17, 15) is 19.8 Å². The number of carbonyl (C=O) groups excluding carboxylic acids is 2. The van der Waals surface area contributed by atoms with Crippen LogP contribution < -0.4 is 0 Å². The van der Waals surface area contributed by atoms with Crippen LogP contribution in [-0.4, -0.2) is 35.5 Å². The van der Waals surface area contributed by atoms with Crippen LogP contribution in [-0.2, 0) is 16.0 Å². The molecule has 0 fully saturated rings. The molecule has 0 saturated heterocycles. The first-order valence-electron chi connectivity index (χ1n) is 10.4. The Morgan fingerprint density at radius 1 is 1.16 bits per heavy atom. The van der Waals surface area contributed by atoms with Crippen LogP contribution in [0.4, 0.5) is 0 Å². The molecule has 0 heterocycles. The lowest BCUT2D eigenvalue weighted by Gasteiger charge is -2.22. The Hall–Kier alpha value is -2.11. The minimum absolute atomic E-state index is 0.0786. The number of ether oxygens (including phenoxy) is 1. The number of methoxy groups -OCH3 is 1. The van der Waals surface area contributed by atoms with Crippen molar-refractivity contribution in [1.29, 1.82) is 0 Å². The molecular formula is C25H35ClO5. The van der Waals surface area contributed by atoms with Gasteiger partial charge in [0.15, 0.2) is 6.29 Å². The van der Waals surface area contributed by atoms with Crippen LogP contribution in [0.3, 0.4) is 0 Å². The highest BCUT2D eigenvalue weighted by Crippen LogP contribution is 2.40. The minimum Gasteiger partial charge on any atom is -0.507 e. The fourth-order valence-electron chi connectivity index (χ4n) is 3.18. The summed E-state index contributed by atoms with van der Waals surface area (Å²) >= 11 is 6.10. The molecule has 1 atom stereocenters. The van der Waals surface area contributed by atoms with Gasteiger partial charge in [0.25, 0.3) is 0 Å². The molecule has 172 valence electrons. The van der Waals surface area contributed by atoms with Gasteiger partial charge in [-0.3, -0.25) is 9.59 Å². The van der Waals surface area contributed by atoms with Crippen LogP contribution in [0.5, 0.6) is 11.5 Å². The number of halogens is 1. The number of phenols is 2. The van der Waals surface area contributed by atoms with Crippen LogP contribution in [0.2, 0.25) is 5.02 Å². The molecule has 0 radical (unpaired) electrons. The molecule has 6 heteroatoms. The first kappa shape index (κ1) is 26.9. The van der Waals surface area contributed by atoms with E-state index in [2.05, 4.69) is 6.08 Å². The third-order valence-corrected chi connectivity index (χ3v) is 6.03. The third kappa shape index (κ3) is 7.22. The van der Waals surface area contributed by atoms with Gasteiger partial charge in [-0.25, -0.2) is 0 Å². The van der Waals surface area contributed by atoms with Crippen LogP contribution >= 0.6 is 11.6 Å². The maximum absolute atomic E-state index is 12.3. The number of hydrogen-bond donors (Lipinski definition) is 2. The van der Waals surface area contributed by atoms with Gasteiger partial charge in [-0.2, -0.15) is 0 Å². The fraction of sp³-hybridized carbons (Fsp3) is 0.520. The summed E-state index contributed by atoms with van der Waals surface area (Å²) in [5.41, 5.74) is 2.64. The number of allylic oxidation sites excluding steroid dienone is 3. The molecule has 0 aliphatic heterocycles. The molecule has 0 aliphatic rings. The molecule has 1 rings (SSSR count). The quantitative estimate of drug-likeness (QED) is 0.332. The Morgan fingerprint density at radius 3 is 2.29 bits per heavy atom. The number of ketones is 1. The molecule has 0 aromatic heterocycles. The Morgan fingerprint density at radius 2 is 1.77 bits per heavy atom. The van der Waals surface area contributed by atoms with E-state index in [4.69, 9.17) is 16.3 Å². The van der Waals surface area contributed by atoms with Gasteiger partial charge in [0, 0.05) is 24.5 Å². The van der Waals surface area contributed by atoms with Crippen molar-refractivity contribution in [3.63, 3.8) is 0 Å². The maximum atomic E-state index is 12.3. The summed E-state index contributed by atoms with van der Waals surface area (Å²) in [6.07, 6.45) is 6.59. The second-order valence-electron chi connectivity index (χ2n) is 8.99. The van der Waals surface area contributed by atoms with Crippen molar-refractivity contribution in [1.82, 2.24) is 0 Å². The van der Waals surface area contributed by atoms with Gasteiger partial charge < -0.3 is 14.9 Å². The number of hydrogen-bond acceptors (Lipinski definition) is 5. The molecule has 0 aliphatic carbocycles. The van der Waals surface area contributed by atoms with Crippen LogP contribution in [0.25, 0.3) is 0 Å². The molecular weight excluding hydrogens is 416 g/mol. The molecule has 0 saturated carbocycles.